The quantitative estimate of drug-likeness (QED) is 0.834. The van der Waals surface area contributed by atoms with Crippen molar-refractivity contribution in [2.45, 2.75) is 38.8 Å². The molecule has 0 aliphatic carbocycles. The lowest BCUT2D eigenvalue weighted by atomic mass is 9.97. The van der Waals surface area contributed by atoms with Crippen LogP contribution in [0.4, 0.5) is 0 Å². The van der Waals surface area contributed by atoms with Crippen LogP contribution in [0.3, 0.4) is 0 Å². The van der Waals surface area contributed by atoms with E-state index in [0.29, 0.717) is 0 Å². The van der Waals surface area contributed by atoms with Crippen LogP contribution in [0.5, 0.6) is 0 Å². The molecule has 3 heteroatoms. The van der Waals surface area contributed by atoms with E-state index < -0.39 is 0 Å². The van der Waals surface area contributed by atoms with E-state index in [1.807, 2.05) is 19.3 Å². The van der Waals surface area contributed by atoms with Crippen LogP contribution in [0.1, 0.15) is 38.3 Å². The summed E-state index contributed by atoms with van der Waals surface area (Å²) in [5, 5.41) is 4.58. The average Bonchev–Trinajstić information content (AvgIpc) is 2.48. The fraction of sp³-hybridized carbons (Fsp3) is 0.471. The van der Waals surface area contributed by atoms with Gasteiger partial charge in [-0.3, -0.25) is 4.98 Å². The van der Waals surface area contributed by atoms with Gasteiger partial charge in [0.15, 0.2) is 0 Å². The minimum absolute atomic E-state index is 0.205. The second kappa shape index (κ2) is 7.36. The smallest absolute Gasteiger partial charge is 0.0769 e. The monoisotopic (exact) mass is 272 g/mol. The minimum Gasteiger partial charge on any atom is -0.377 e. The maximum absolute atomic E-state index is 5.92. The fourth-order valence-electron chi connectivity index (χ4n) is 2.69. The van der Waals surface area contributed by atoms with Crippen molar-refractivity contribution in [3.8, 4) is 0 Å². The largest absolute Gasteiger partial charge is 0.377 e. The summed E-state index contributed by atoms with van der Waals surface area (Å²) in [4.78, 5) is 4.44. The first kappa shape index (κ1) is 14.9. The van der Waals surface area contributed by atoms with E-state index in [1.54, 1.807) is 0 Å². The Kier molecular flexibility index (Phi) is 5.50. The molecule has 0 spiro atoms. The molecule has 2 atom stereocenters. The third-order valence-electron chi connectivity index (χ3n) is 3.63. The van der Waals surface area contributed by atoms with Crippen LogP contribution >= 0.6 is 0 Å². The van der Waals surface area contributed by atoms with Gasteiger partial charge in [-0.1, -0.05) is 31.5 Å². The number of ether oxygens (including phenoxy) is 1. The Hall–Kier alpha value is -1.45. The van der Waals surface area contributed by atoms with Gasteiger partial charge in [0.25, 0.3) is 0 Å². The standard InChI is InChI=1S/C17H24N2O/c1-4-7-16(20-5-2)17(18-3)14-10-9-13-8-6-11-19-15(13)12-14/h6,8-12,16-18H,4-5,7H2,1-3H3. The van der Waals surface area contributed by atoms with Crippen LogP contribution in [-0.4, -0.2) is 24.7 Å². The summed E-state index contributed by atoms with van der Waals surface area (Å²) < 4.78 is 5.92. The second-order valence-corrected chi connectivity index (χ2v) is 5.00. The first-order chi connectivity index (χ1) is 9.80. The highest BCUT2D eigenvalue weighted by Gasteiger charge is 2.21. The zero-order valence-corrected chi connectivity index (χ0v) is 12.6. The fourth-order valence-corrected chi connectivity index (χ4v) is 2.69. The molecule has 1 heterocycles. The molecule has 0 radical (unpaired) electrons. The van der Waals surface area contributed by atoms with Crippen molar-refractivity contribution in [3.63, 3.8) is 0 Å². The van der Waals surface area contributed by atoms with Gasteiger partial charge in [0, 0.05) is 18.2 Å². The Morgan fingerprint density at radius 3 is 2.80 bits per heavy atom. The van der Waals surface area contributed by atoms with Crippen LogP contribution in [0.25, 0.3) is 10.9 Å². The van der Waals surface area contributed by atoms with Gasteiger partial charge in [0.05, 0.1) is 17.7 Å². The maximum atomic E-state index is 5.92. The third kappa shape index (κ3) is 3.35. The molecular weight excluding hydrogens is 248 g/mol. The van der Waals surface area contributed by atoms with E-state index in [2.05, 4.69) is 48.4 Å². The molecule has 0 amide bonds. The van der Waals surface area contributed by atoms with Crippen molar-refractivity contribution in [1.82, 2.24) is 10.3 Å². The molecule has 2 aromatic rings. The highest BCUT2D eigenvalue weighted by Crippen LogP contribution is 2.25. The molecule has 2 rings (SSSR count). The number of hydrogen-bond acceptors (Lipinski definition) is 3. The van der Waals surface area contributed by atoms with Crippen LogP contribution in [0.15, 0.2) is 36.5 Å². The number of rotatable bonds is 7. The Morgan fingerprint density at radius 2 is 2.10 bits per heavy atom. The molecule has 1 N–H and O–H groups in total. The molecule has 2 unspecified atom stereocenters. The number of likely N-dealkylation sites (N-methyl/N-ethyl adjacent to an activating group) is 1. The number of fused-ring (bicyclic) bond motifs is 1. The Balaban J connectivity index is 2.31. The van der Waals surface area contributed by atoms with Crippen molar-refractivity contribution < 1.29 is 4.74 Å². The molecule has 0 aliphatic rings. The number of hydrogen-bond donors (Lipinski definition) is 1. The van der Waals surface area contributed by atoms with Crippen molar-refractivity contribution in [2.24, 2.45) is 0 Å². The summed E-state index contributed by atoms with van der Waals surface area (Å²) in [6, 6.07) is 10.7. The first-order valence-corrected chi connectivity index (χ1v) is 7.43. The van der Waals surface area contributed by atoms with E-state index in [1.165, 1.54) is 10.9 Å². The zero-order valence-electron chi connectivity index (χ0n) is 12.6. The van der Waals surface area contributed by atoms with Crippen molar-refractivity contribution in [1.29, 1.82) is 0 Å². The molecule has 108 valence electrons. The van der Waals surface area contributed by atoms with E-state index in [-0.39, 0.29) is 12.1 Å². The first-order valence-electron chi connectivity index (χ1n) is 7.43. The molecule has 0 saturated heterocycles. The minimum atomic E-state index is 0.205. The molecule has 0 fully saturated rings. The third-order valence-corrected chi connectivity index (χ3v) is 3.63. The lowest BCUT2D eigenvalue weighted by Gasteiger charge is -2.27. The van der Waals surface area contributed by atoms with Crippen molar-refractivity contribution >= 4 is 10.9 Å². The molecular formula is C17H24N2O. The Morgan fingerprint density at radius 1 is 1.25 bits per heavy atom. The van der Waals surface area contributed by atoms with Gasteiger partial charge in [-0.25, -0.2) is 0 Å². The van der Waals surface area contributed by atoms with Gasteiger partial charge in [0.2, 0.25) is 0 Å². The number of aromatic nitrogens is 1. The number of nitrogens with zero attached hydrogens (tertiary/aromatic N) is 1. The molecule has 20 heavy (non-hydrogen) atoms. The van der Waals surface area contributed by atoms with Gasteiger partial charge in [-0.05, 0) is 38.1 Å². The molecule has 3 nitrogen and oxygen atoms in total. The summed E-state index contributed by atoms with van der Waals surface area (Å²) in [6.45, 7) is 4.99. The second-order valence-electron chi connectivity index (χ2n) is 5.00. The number of nitrogens with one attached hydrogen (secondary N) is 1. The van der Waals surface area contributed by atoms with Crippen molar-refractivity contribution in [3.05, 3.63) is 42.1 Å². The van der Waals surface area contributed by atoms with Crippen LogP contribution in [-0.2, 0) is 4.74 Å². The zero-order chi connectivity index (χ0) is 14.4. The van der Waals surface area contributed by atoms with Crippen LogP contribution in [0, 0.1) is 0 Å². The lowest BCUT2D eigenvalue weighted by molar-refractivity contribution is 0.0296. The van der Waals surface area contributed by atoms with Crippen LogP contribution < -0.4 is 5.32 Å². The number of pyridine rings is 1. The predicted octanol–water partition coefficient (Wildman–Crippen LogP) is 3.70. The molecule has 1 aromatic carbocycles. The van der Waals surface area contributed by atoms with E-state index in [9.17, 15) is 0 Å². The molecule has 0 bridgehead atoms. The molecule has 0 aliphatic heterocycles. The SMILES string of the molecule is CCCC(OCC)C(NC)c1ccc2cccnc2c1. The predicted molar refractivity (Wildman–Crippen MR) is 83.9 cm³/mol. The van der Waals surface area contributed by atoms with Gasteiger partial charge in [-0.2, -0.15) is 0 Å². The van der Waals surface area contributed by atoms with Crippen molar-refractivity contribution in [2.75, 3.05) is 13.7 Å². The number of benzene rings is 1. The normalized spacial score (nSPS) is 14.3. The average molecular weight is 272 g/mol. The summed E-state index contributed by atoms with van der Waals surface area (Å²) >= 11 is 0. The lowest BCUT2D eigenvalue weighted by Crippen LogP contribution is -2.31. The highest BCUT2D eigenvalue weighted by atomic mass is 16.5. The summed E-state index contributed by atoms with van der Waals surface area (Å²) in [6.07, 6.45) is 4.22. The van der Waals surface area contributed by atoms with Crippen LogP contribution in [0.2, 0.25) is 0 Å². The van der Waals surface area contributed by atoms with E-state index in [0.717, 1.165) is 25.0 Å². The Labute approximate surface area is 121 Å². The maximum Gasteiger partial charge on any atom is 0.0769 e. The van der Waals surface area contributed by atoms with Gasteiger partial charge < -0.3 is 10.1 Å². The molecule has 1 aromatic heterocycles. The summed E-state index contributed by atoms with van der Waals surface area (Å²) in [7, 11) is 2.00. The Bertz CT molecular complexity index is 535. The topological polar surface area (TPSA) is 34.1 Å². The van der Waals surface area contributed by atoms with Gasteiger partial charge >= 0.3 is 0 Å². The summed E-state index contributed by atoms with van der Waals surface area (Å²) in [5.74, 6) is 0. The van der Waals surface area contributed by atoms with Gasteiger partial charge in [-0.15, -0.1) is 0 Å². The van der Waals surface area contributed by atoms with E-state index >= 15 is 0 Å². The molecule has 0 saturated carbocycles. The summed E-state index contributed by atoms with van der Waals surface area (Å²) in [5.41, 5.74) is 2.28. The van der Waals surface area contributed by atoms with Gasteiger partial charge in [0.1, 0.15) is 0 Å². The highest BCUT2D eigenvalue weighted by molar-refractivity contribution is 5.79. The van der Waals surface area contributed by atoms with E-state index in [4.69, 9.17) is 4.74 Å².